The molecule has 2 aliphatic rings. The number of piperidine rings is 1. The van der Waals surface area contributed by atoms with Crippen molar-refractivity contribution in [1.82, 2.24) is 9.80 Å². The molecule has 0 radical (unpaired) electrons. The molecule has 1 saturated heterocycles. The number of likely N-dealkylation sites (tertiary alicyclic amines) is 1. The minimum Gasteiger partial charge on any atom is -0.381 e. The number of carbonyl (C=O) groups is 2. The van der Waals surface area contributed by atoms with Crippen molar-refractivity contribution in [2.24, 2.45) is 11.8 Å². The molecule has 2 atom stereocenters. The van der Waals surface area contributed by atoms with Gasteiger partial charge in [0.25, 0.3) is 17.5 Å². The van der Waals surface area contributed by atoms with Crippen LogP contribution in [0.5, 0.6) is 0 Å². The number of rotatable bonds is 10. The Kier molecular flexibility index (Phi) is 8.01. The standard InChI is InChI=1S/C24H33N3O5/c1-4-5-12-32-13-6-11-26-23(28)21(19-7-9-20(10-8-19)27(30)31)22(24(26)29)25-15-17(2)14-18(3)16-25/h7-10,17-18H,4-6,11-16H2,1-3H3. The lowest BCUT2D eigenvalue weighted by atomic mass is 9.91. The van der Waals surface area contributed by atoms with Crippen LogP contribution in [0.3, 0.4) is 0 Å². The molecule has 2 unspecified atom stereocenters. The van der Waals surface area contributed by atoms with Gasteiger partial charge in [-0.25, -0.2) is 0 Å². The van der Waals surface area contributed by atoms with E-state index in [0.717, 1.165) is 19.3 Å². The number of unbranched alkanes of at least 4 members (excludes halogenated alkanes) is 1. The number of benzene rings is 1. The van der Waals surface area contributed by atoms with E-state index >= 15 is 0 Å². The second kappa shape index (κ2) is 10.7. The average Bonchev–Trinajstić information content (AvgIpc) is 3.00. The Morgan fingerprint density at radius 3 is 2.25 bits per heavy atom. The summed E-state index contributed by atoms with van der Waals surface area (Å²) >= 11 is 0. The van der Waals surface area contributed by atoms with Crippen LogP contribution in [-0.2, 0) is 14.3 Å². The van der Waals surface area contributed by atoms with Crippen molar-refractivity contribution in [2.75, 3.05) is 32.8 Å². The summed E-state index contributed by atoms with van der Waals surface area (Å²) < 4.78 is 5.59. The van der Waals surface area contributed by atoms with Gasteiger partial charge in [0.2, 0.25) is 0 Å². The summed E-state index contributed by atoms with van der Waals surface area (Å²) in [6.07, 6.45) is 3.71. The number of imide groups is 1. The van der Waals surface area contributed by atoms with Gasteiger partial charge in [-0.3, -0.25) is 24.6 Å². The number of nitro groups is 1. The Balaban J connectivity index is 1.86. The molecule has 1 fully saturated rings. The van der Waals surface area contributed by atoms with E-state index in [1.54, 1.807) is 12.1 Å². The van der Waals surface area contributed by atoms with E-state index in [1.807, 2.05) is 4.90 Å². The van der Waals surface area contributed by atoms with Gasteiger partial charge in [-0.05, 0) is 48.8 Å². The molecule has 1 aromatic rings. The molecule has 0 saturated carbocycles. The van der Waals surface area contributed by atoms with Crippen molar-refractivity contribution < 1.29 is 19.2 Å². The Hall–Kier alpha value is -2.74. The van der Waals surface area contributed by atoms with E-state index < -0.39 is 4.92 Å². The van der Waals surface area contributed by atoms with E-state index in [-0.39, 0.29) is 17.5 Å². The SMILES string of the molecule is CCCCOCCCN1C(=O)C(c2ccc([N+](=O)[O-])cc2)=C(N2CC(C)CC(C)C2)C1=O. The monoisotopic (exact) mass is 443 g/mol. The van der Waals surface area contributed by atoms with Crippen LogP contribution in [0.4, 0.5) is 5.69 Å². The maximum absolute atomic E-state index is 13.4. The van der Waals surface area contributed by atoms with E-state index in [4.69, 9.17) is 4.74 Å². The summed E-state index contributed by atoms with van der Waals surface area (Å²) in [5.74, 6) is 0.207. The number of non-ortho nitro benzene ring substituents is 1. The minimum atomic E-state index is -0.473. The van der Waals surface area contributed by atoms with Crippen molar-refractivity contribution in [2.45, 2.75) is 46.5 Å². The Morgan fingerprint density at radius 2 is 1.66 bits per heavy atom. The molecule has 0 aliphatic carbocycles. The number of hydrogen-bond donors (Lipinski definition) is 0. The lowest BCUT2D eigenvalue weighted by Crippen LogP contribution is -2.42. The summed E-state index contributed by atoms with van der Waals surface area (Å²) in [6.45, 7) is 9.30. The highest BCUT2D eigenvalue weighted by atomic mass is 16.6. The van der Waals surface area contributed by atoms with E-state index in [9.17, 15) is 19.7 Å². The first-order valence-electron chi connectivity index (χ1n) is 11.5. The second-order valence-corrected chi connectivity index (χ2v) is 8.96. The first-order valence-corrected chi connectivity index (χ1v) is 11.5. The molecule has 174 valence electrons. The van der Waals surface area contributed by atoms with Crippen LogP contribution >= 0.6 is 0 Å². The van der Waals surface area contributed by atoms with Gasteiger partial charge in [0.1, 0.15) is 5.70 Å². The molecule has 1 aromatic carbocycles. The highest BCUT2D eigenvalue weighted by Crippen LogP contribution is 2.35. The van der Waals surface area contributed by atoms with Crippen LogP contribution < -0.4 is 0 Å². The van der Waals surface area contributed by atoms with Crippen LogP contribution in [0.15, 0.2) is 30.0 Å². The van der Waals surface area contributed by atoms with Gasteiger partial charge in [-0.1, -0.05) is 27.2 Å². The van der Waals surface area contributed by atoms with Gasteiger partial charge >= 0.3 is 0 Å². The third kappa shape index (κ3) is 5.35. The maximum atomic E-state index is 13.4. The molecule has 0 spiro atoms. The molecule has 8 heteroatoms. The van der Waals surface area contributed by atoms with Crippen molar-refractivity contribution in [1.29, 1.82) is 0 Å². The van der Waals surface area contributed by atoms with Gasteiger partial charge in [-0.15, -0.1) is 0 Å². The zero-order valence-corrected chi connectivity index (χ0v) is 19.2. The van der Waals surface area contributed by atoms with Gasteiger partial charge in [0, 0.05) is 45.0 Å². The topological polar surface area (TPSA) is 93.0 Å². The summed E-state index contributed by atoms with van der Waals surface area (Å²) in [6, 6.07) is 5.88. The maximum Gasteiger partial charge on any atom is 0.277 e. The van der Waals surface area contributed by atoms with Gasteiger partial charge in [0.15, 0.2) is 0 Å². The van der Waals surface area contributed by atoms with Crippen molar-refractivity contribution >= 4 is 23.1 Å². The lowest BCUT2D eigenvalue weighted by molar-refractivity contribution is -0.384. The number of nitrogens with zero attached hydrogens (tertiary/aromatic N) is 3. The fourth-order valence-electron chi connectivity index (χ4n) is 4.59. The predicted molar refractivity (Wildman–Crippen MR) is 122 cm³/mol. The van der Waals surface area contributed by atoms with Crippen molar-refractivity contribution in [3.8, 4) is 0 Å². The van der Waals surface area contributed by atoms with Crippen LogP contribution in [0.25, 0.3) is 5.57 Å². The smallest absolute Gasteiger partial charge is 0.277 e. The van der Waals surface area contributed by atoms with Crippen LogP contribution in [0.2, 0.25) is 0 Å². The number of carbonyl (C=O) groups excluding carboxylic acids is 2. The Bertz CT molecular complexity index is 870. The number of amides is 2. The number of nitro benzene ring substituents is 1. The lowest BCUT2D eigenvalue weighted by Gasteiger charge is -2.37. The van der Waals surface area contributed by atoms with E-state index in [1.165, 1.54) is 17.0 Å². The Labute approximate surface area is 189 Å². The molecule has 0 bridgehead atoms. The third-order valence-electron chi connectivity index (χ3n) is 6.01. The third-order valence-corrected chi connectivity index (χ3v) is 6.01. The molecule has 2 heterocycles. The molecule has 0 N–H and O–H groups in total. The first kappa shape index (κ1) is 23.9. The van der Waals surface area contributed by atoms with E-state index in [2.05, 4.69) is 20.8 Å². The van der Waals surface area contributed by atoms with Gasteiger partial charge < -0.3 is 9.64 Å². The zero-order valence-electron chi connectivity index (χ0n) is 19.2. The molecule has 2 amide bonds. The first-order chi connectivity index (χ1) is 15.3. The number of ether oxygens (including phenoxy) is 1. The van der Waals surface area contributed by atoms with Crippen molar-refractivity contribution in [3.63, 3.8) is 0 Å². The molecule has 8 nitrogen and oxygen atoms in total. The van der Waals surface area contributed by atoms with E-state index in [0.29, 0.717) is 67.9 Å². The molecule has 2 aliphatic heterocycles. The summed E-state index contributed by atoms with van der Waals surface area (Å²) in [7, 11) is 0. The van der Waals surface area contributed by atoms with Crippen molar-refractivity contribution in [3.05, 3.63) is 45.6 Å². The van der Waals surface area contributed by atoms with Gasteiger partial charge in [0.05, 0.1) is 10.5 Å². The predicted octanol–water partition coefficient (Wildman–Crippen LogP) is 3.86. The minimum absolute atomic E-state index is 0.0472. The molecular formula is C24H33N3O5. The quantitative estimate of drug-likeness (QED) is 0.236. The van der Waals surface area contributed by atoms with Crippen LogP contribution in [0, 0.1) is 22.0 Å². The largest absolute Gasteiger partial charge is 0.381 e. The summed E-state index contributed by atoms with van der Waals surface area (Å²) in [4.78, 5) is 40.7. The zero-order chi connectivity index (χ0) is 23.3. The highest BCUT2D eigenvalue weighted by molar-refractivity contribution is 6.35. The molecular weight excluding hydrogens is 410 g/mol. The summed E-state index contributed by atoms with van der Waals surface area (Å²) in [5.41, 5.74) is 1.26. The number of hydrogen-bond acceptors (Lipinski definition) is 6. The average molecular weight is 444 g/mol. The van der Waals surface area contributed by atoms with Crippen LogP contribution in [-0.4, -0.2) is 59.4 Å². The Morgan fingerprint density at radius 1 is 1.03 bits per heavy atom. The second-order valence-electron chi connectivity index (χ2n) is 8.96. The highest BCUT2D eigenvalue weighted by Gasteiger charge is 2.42. The normalized spacial score (nSPS) is 21.6. The van der Waals surface area contributed by atoms with Gasteiger partial charge in [-0.2, -0.15) is 0 Å². The van der Waals surface area contributed by atoms with Crippen LogP contribution in [0.1, 0.15) is 52.0 Å². The fraction of sp³-hybridized carbons (Fsp3) is 0.583. The summed E-state index contributed by atoms with van der Waals surface area (Å²) in [5, 5.41) is 11.0. The molecule has 32 heavy (non-hydrogen) atoms. The molecule has 3 rings (SSSR count). The fourth-order valence-corrected chi connectivity index (χ4v) is 4.59. The molecule has 0 aromatic heterocycles.